The normalized spacial score (nSPS) is 14.1. The molecule has 0 aliphatic rings. The Bertz CT molecular complexity index is 149. The molecule has 0 nitrogen and oxygen atoms in total. The van der Waals surface area contributed by atoms with E-state index in [4.69, 9.17) is 0 Å². The summed E-state index contributed by atoms with van der Waals surface area (Å²) in [6.07, 6.45) is 0. The Labute approximate surface area is 98.4 Å². The molecule has 0 aliphatic heterocycles. The van der Waals surface area contributed by atoms with E-state index < -0.39 is 0 Å². The van der Waals surface area contributed by atoms with Gasteiger partial charge < -0.3 is 0 Å². The molecule has 14 heavy (non-hydrogen) atoms. The molecule has 0 fully saturated rings. The van der Waals surface area contributed by atoms with E-state index >= 15 is 0 Å². The predicted molar refractivity (Wildman–Crippen MR) is 73.0 cm³/mol. The molecule has 0 unspecified atom stereocenters. The van der Waals surface area contributed by atoms with Crippen molar-refractivity contribution >= 4 is 21.6 Å². The van der Waals surface area contributed by atoms with E-state index in [-0.39, 0.29) is 0 Å². The average molecular weight is 234 g/mol. The van der Waals surface area contributed by atoms with E-state index in [1.165, 1.54) is 0 Å². The van der Waals surface area contributed by atoms with Gasteiger partial charge in [0.2, 0.25) is 0 Å². The van der Waals surface area contributed by atoms with Crippen molar-refractivity contribution in [1.29, 1.82) is 0 Å². The van der Waals surface area contributed by atoms with Crippen LogP contribution in [0.15, 0.2) is 0 Å². The van der Waals surface area contributed by atoms with Crippen molar-refractivity contribution in [2.45, 2.75) is 64.9 Å². The van der Waals surface area contributed by atoms with Gasteiger partial charge in [-0.1, -0.05) is 49.3 Å². The molecule has 0 bridgehead atoms. The van der Waals surface area contributed by atoms with E-state index in [9.17, 15) is 0 Å². The third-order valence-corrected chi connectivity index (χ3v) is 7.96. The molecule has 0 aliphatic carbocycles. The van der Waals surface area contributed by atoms with Crippen LogP contribution in [0.5, 0.6) is 0 Å². The largest absolute Gasteiger partial charge is 0.0871 e. The van der Waals surface area contributed by atoms with E-state index in [0.29, 0.717) is 9.49 Å². The first-order chi connectivity index (χ1) is 6.09. The summed E-state index contributed by atoms with van der Waals surface area (Å²) in [4.78, 5) is 0. The Kier molecular flexibility index (Phi) is 5.41. The minimum Gasteiger partial charge on any atom is -0.0871 e. The Morgan fingerprint density at radius 1 is 0.643 bits per heavy atom. The van der Waals surface area contributed by atoms with E-state index in [0.717, 1.165) is 11.8 Å². The Morgan fingerprint density at radius 3 is 1.00 bits per heavy atom. The molecule has 0 radical (unpaired) electrons. The molecular weight excluding hydrogens is 208 g/mol. The van der Waals surface area contributed by atoms with Gasteiger partial charge in [0.15, 0.2) is 0 Å². The molecule has 0 aromatic rings. The maximum atomic E-state index is 2.34. The van der Waals surface area contributed by atoms with Crippen LogP contribution in [0.2, 0.25) is 0 Å². The van der Waals surface area contributed by atoms with E-state index in [1.807, 2.05) is 21.6 Å². The van der Waals surface area contributed by atoms with Crippen LogP contribution in [-0.2, 0) is 0 Å². The summed E-state index contributed by atoms with van der Waals surface area (Å²) in [6, 6.07) is 0. The van der Waals surface area contributed by atoms with Gasteiger partial charge in [-0.2, -0.15) is 0 Å². The highest BCUT2D eigenvalue weighted by Gasteiger charge is 2.30. The van der Waals surface area contributed by atoms with Gasteiger partial charge in [-0.15, -0.1) is 0 Å². The highest BCUT2D eigenvalue weighted by molar-refractivity contribution is 8.77. The summed E-state index contributed by atoms with van der Waals surface area (Å²) in [5.74, 6) is 1.45. The Balaban J connectivity index is 4.18. The monoisotopic (exact) mass is 234 g/mol. The zero-order valence-corrected chi connectivity index (χ0v) is 12.6. The van der Waals surface area contributed by atoms with Crippen LogP contribution in [-0.4, -0.2) is 9.49 Å². The zero-order chi connectivity index (χ0) is 11.6. The molecule has 86 valence electrons. The fourth-order valence-corrected chi connectivity index (χ4v) is 3.67. The molecule has 0 saturated carbocycles. The van der Waals surface area contributed by atoms with Gasteiger partial charge >= 0.3 is 0 Å². The standard InChI is InChI=1S/C12H26S2/c1-9(2)11(5,6)13-14-12(7,8)10(3)4/h9-10H,1-8H3. The third-order valence-electron chi connectivity index (χ3n) is 3.25. The van der Waals surface area contributed by atoms with Gasteiger partial charge in [0.25, 0.3) is 0 Å². The number of rotatable bonds is 5. The van der Waals surface area contributed by atoms with Gasteiger partial charge in [0.05, 0.1) is 0 Å². The summed E-state index contributed by atoms with van der Waals surface area (Å²) in [5.41, 5.74) is 0. The van der Waals surface area contributed by atoms with Gasteiger partial charge in [-0.25, -0.2) is 0 Å². The number of hydrogen-bond acceptors (Lipinski definition) is 2. The maximum Gasteiger partial charge on any atom is 0.0230 e. The second kappa shape index (κ2) is 5.16. The van der Waals surface area contributed by atoms with Crippen LogP contribution in [0.3, 0.4) is 0 Å². The second-order valence-corrected chi connectivity index (χ2v) is 9.12. The van der Waals surface area contributed by atoms with Crippen LogP contribution in [0, 0.1) is 11.8 Å². The van der Waals surface area contributed by atoms with Crippen LogP contribution in [0.1, 0.15) is 55.4 Å². The highest BCUT2D eigenvalue weighted by Crippen LogP contribution is 2.48. The lowest BCUT2D eigenvalue weighted by molar-refractivity contribution is 0.501. The first-order valence-electron chi connectivity index (χ1n) is 5.46. The molecule has 0 heterocycles. The highest BCUT2D eigenvalue weighted by atomic mass is 33.1. The average Bonchev–Trinajstić information content (AvgIpc) is 2.01. The molecule has 0 atom stereocenters. The molecule has 0 aromatic carbocycles. The first kappa shape index (κ1) is 14.7. The van der Waals surface area contributed by atoms with Gasteiger partial charge in [0.1, 0.15) is 0 Å². The van der Waals surface area contributed by atoms with Crippen molar-refractivity contribution in [3.05, 3.63) is 0 Å². The molecule has 0 rings (SSSR count). The van der Waals surface area contributed by atoms with Crippen molar-refractivity contribution in [2.24, 2.45) is 11.8 Å². The minimum atomic E-state index is 0.372. The minimum absolute atomic E-state index is 0.372. The predicted octanol–water partition coefficient (Wildman–Crippen LogP) is 5.24. The summed E-state index contributed by atoms with van der Waals surface area (Å²) in [6.45, 7) is 18.6. The summed E-state index contributed by atoms with van der Waals surface area (Å²) >= 11 is 0. The SMILES string of the molecule is CC(C)C(C)(C)SSC(C)(C)C(C)C. The maximum absolute atomic E-state index is 2.34. The number of hydrogen-bond donors (Lipinski definition) is 0. The lowest BCUT2D eigenvalue weighted by Crippen LogP contribution is -2.26. The zero-order valence-electron chi connectivity index (χ0n) is 11.0. The lowest BCUT2D eigenvalue weighted by atomic mass is 10.00. The third kappa shape index (κ3) is 4.48. The van der Waals surface area contributed by atoms with Crippen LogP contribution in [0.4, 0.5) is 0 Å². The summed E-state index contributed by atoms with van der Waals surface area (Å²) in [7, 11) is 4.08. The van der Waals surface area contributed by atoms with Crippen molar-refractivity contribution in [2.75, 3.05) is 0 Å². The lowest BCUT2D eigenvalue weighted by Gasteiger charge is -2.34. The molecule has 0 amide bonds. The Hall–Kier alpha value is 0.700. The molecule has 2 heteroatoms. The second-order valence-electron chi connectivity index (χ2n) is 5.68. The van der Waals surface area contributed by atoms with Crippen LogP contribution >= 0.6 is 21.6 Å². The van der Waals surface area contributed by atoms with Gasteiger partial charge in [-0.3, -0.25) is 0 Å². The van der Waals surface area contributed by atoms with E-state index in [2.05, 4.69) is 55.4 Å². The Morgan fingerprint density at radius 2 is 0.857 bits per heavy atom. The van der Waals surface area contributed by atoms with Crippen molar-refractivity contribution in [3.8, 4) is 0 Å². The fourth-order valence-electron chi connectivity index (χ4n) is 0.407. The fraction of sp³-hybridized carbons (Fsp3) is 1.00. The topological polar surface area (TPSA) is 0 Å². The van der Waals surface area contributed by atoms with Crippen LogP contribution < -0.4 is 0 Å². The summed E-state index contributed by atoms with van der Waals surface area (Å²) in [5, 5.41) is 0. The van der Waals surface area contributed by atoms with Gasteiger partial charge in [-0.05, 0) is 39.5 Å². The molecule has 0 N–H and O–H groups in total. The van der Waals surface area contributed by atoms with Crippen molar-refractivity contribution < 1.29 is 0 Å². The molecule has 0 spiro atoms. The molecular formula is C12H26S2. The van der Waals surface area contributed by atoms with Crippen molar-refractivity contribution in [1.82, 2.24) is 0 Å². The van der Waals surface area contributed by atoms with E-state index in [1.54, 1.807) is 0 Å². The van der Waals surface area contributed by atoms with Gasteiger partial charge in [0, 0.05) is 9.49 Å². The smallest absolute Gasteiger partial charge is 0.0230 e. The van der Waals surface area contributed by atoms with Crippen LogP contribution in [0.25, 0.3) is 0 Å². The summed E-state index contributed by atoms with van der Waals surface area (Å²) < 4.78 is 0.744. The molecule has 0 aromatic heterocycles. The quantitative estimate of drug-likeness (QED) is 0.597. The first-order valence-corrected chi connectivity index (χ1v) is 7.61. The van der Waals surface area contributed by atoms with Crippen molar-refractivity contribution in [3.63, 3.8) is 0 Å². The molecule has 0 saturated heterocycles.